The quantitative estimate of drug-likeness (QED) is 0.826. The van der Waals surface area contributed by atoms with Crippen molar-refractivity contribution in [3.05, 3.63) is 28.2 Å². The van der Waals surface area contributed by atoms with Gasteiger partial charge in [0.1, 0.15) is 5.75 Å². The number of hydrogen-bond donors (Lipinski definition) is 1. The van der Waals surface area contributed by atoms with Crippen LogP contribution in [0.3, 0.4) is 0 Å². The summed E-state index contributed by atoms with van der Waals surface area (Å²) in [5.41, 5.74) is 0.621. The van der Waals surface area contributed by atoms with Crippen molar-refractivity contribution in [2.24, 2.45) is 5.41 Å². The van der Waals surface area contributed by atoms with E-state index in [9.17, 15) is 4.79 Å². The Balaban J connectivity index is 2.61. The standard InChI is InChI=1S/C15H22BrNO3/c1-15(2,7-8-19-3)10-17-14(18)11-5-6-13(20-4)12(16)9-11/h5-6,9H,7-8,10H2,1-4H3,(H,17,18). The molecule has 0 aromatic heterocycles. The van der Waals surface area contributed by atoms with Crippen molar-refractivity contribution in [3.8, 4) is 5.75 Å². The van der Waals surface area contributed by atoms with Crippen molar-refractivity contribution in [1.29, 1.82) is 0 Å². The predicted molar refractivity (Wildman–Crippen MR) is 83.3 cm³/mol. The largest absolute Gasteiger partial charge is 0.496 e. The molecule has 1 rings (SSSR count). The SMILES string of the molecule is COCCC(C)(C)CNC(=O)c1ccc(OC)c(Br)c1. The molecule has 0 unspecified atom stereocenters. The minimum Gasteiger partial charge on any atom is -0.496 e. The lowest BCUT2D eigenvalue weighted by Gasteiger charge is -2.24. The maximum Gasteiger partial charge on any atom is 0.251 e. The van der Waals surface area contributed by atoms with Crippen LogP contribution in [0.25, 0.3) is 0 Å². The Kier molecular flexibility index (Phi) is 6.49. The van der Waals surface area contributed by atoms with Crippen LogP contribution in [0.2, 0.25) is 0 Å². The summed E-state index contributed by atoms with van der Waals surface area (Å²) in [6.45, 7) is 5.52. The molecule has 0 heterocycles. The highest BCUT2D eigenvalue weighted by Gasteiger charge is 2.19. The molecule has 0 bridgehead atoms. The molecule has 112 valence electrons. The highest BCUT2D eigenvalue weighted by Crippen LogP contribution is 2.25. The van der Waals surface area contributed by atoms with E-state index in [4.69, 9.17) is 9.47 Å². The van der Waals surface area contributed by atoms with Crippen LogP contribution in [0.4, 0.5) is 0 Å². The molecule has 1 N–H and O–H groups in total. The molecule has 5 heteroatoms. The van der Waals surface area contributed by atoms with Crippen molar-refractivity contribution in [1.82, 2.24) is 5.32 Å². The molecular weight excluding hydrogens is 322 g/mol. The first-order valence-corrected chi connectivity index (χ1v) is 7.29. The highest BCUT2D eigenvalue weighted by molar-refractivity contribution is 9.10. The van der Waals surface area contributed by atoms with E-state index < -0.39 is 0 Å². The van der Waals surface area contributed by atoms with Crippen LogP contribution in [-0.4, -0.2) is 33.3 Å². The summed E-state index contributed by atoms with van der Waals surface area (Å²) in [5.74, 6) is 0.626. The van der Waals surface area contributed by atoms with Crippen molar-refractivity contribution in [2.75, 3.05) is 27.4 Å². The van der Waals surface area contributed by atoms with Crippen LogP contribution in [0, 0.1) is 5.41 Å². The fourth-order valence-electron chi connectivity index (χ4n) is 1.70. The van der Waals surface area contributed by atoms with E-state index in [2.05, 4.69) is 35.1 Å². The average molecular weight is 344 g/mol. The maximum atomic E-state index is 12.1. The van der Waals surface area contributed by atoms with E-state index in [0.717, 1.165) is 10.9 Å². The normalized spacial score (nSPS) is 11.2. The zero-order valence-electron chi connectivity index (χ0n) is 12.5. The summed E-state index contributed by atoms with van der Waals surface area (Å²) >= 11 is 3.38. The van der Waals surface area contributed by atoms with Crippen LogP contribution in [0.1, 0.15) is 30.6 Å². The first-order chi connectivity index (χ1) is 9.39. The molecule has 0 fully saturated rings. The summed E-state index contributed by atoms with van der Waals surface area (Å²) in [5, 5.41) is 2.96. The molecule has 4 nitrogen and oxygen atoms in total. The second-order valence-corrected chi connectivity index (χ2v) is 6.29. The van der Waals surface area contributed by atoms with E-state index in [1.165, 1.54) is 0 Å². The van der Waals surface area contributed by atoms with Gasteiger partial charge in [-0.3, -0.25) is 4.79 Å². The Hall–Kier alpha value is -1.07. The van der Waals surface area contributed by atoms with Gasteiger partial charge in [-0.05, 0) is 46.0 Å². The van der Waals surface area contributed by atoms with Gasteiger partial charge in [-0.25, -0.2) is 0 Å². The van der Waals surface area contributed by atoms with Gasteiger partial charge in [0.05, 0.1) is 11.6 Å². The molecule has 20 heavy (non-hydrogen) atoms. The summed E-state index contributed by atoms with van der Waals surface area (Å²) in [4.78, 5) is 12.1. The Morgan fingerprint density at radius 1 is 1.35 bits per heavy atom. The maximum absolute atomic E-state index is 12.1. The fraction of sp³-hybridized carbons (Fsp3) is 0.533. The Morgan fingerprint density at radius 2 is 2.05 bits per heavy atom. The predicted octanol–water partition coefficient (Wildman–Crippen LogP) is 3.25. The lowest BCUT2D eigenvalue weighted by molar-refractivity contribution is 0.0921. The first kappa shape index (κ1) is 17.0. The van der Waals surface area contributed by atoms with E-state index >= 15 is 0 Å². The van der Waals surface area contributed by atoms with Gasteiger partial charge in [0.2, 0.25) is 0 Å². The zero-order valence-corrected chi connectivity index (χ0v) is 14.0. The number of methoxy groups -OCH3 is 2. The number of halogens is 1. The molecule has 0 aliphatic heterocycles. The number of ether oxygens (including phenoxy) is 2. The second-order valence-electron chi connectivity index (χ2n) is 5.44. The number of rotatable bonds is 7. The van der Waals surface area contributed by atoms with Gasteiger partial charge in [0, 0.05) is 25.8 Å². The highest BCUT2D eigenvalue weighted by atomic mass is 79.9. The topological polar surface area (TPSA) is 47.6 Å². The van der Waals surface area contributed by atoms with Gasteiger partial charge < -0.3 is 14.8 Å². The third-order valence-corrected chi connectivity index (χ3v) is 3.74. The zero-order chi connectivity index (χ0) is 15.2. The molecule has 0 aliphatic carbocycles. The molecule has 0 atom stereocenters. The molecule has 0 saturated carbocycles. The number of benzene rings is 1. The second kappa shape index (κ2) is 7.64. The minimum absolute atomic E-state index is 0.00930. The lowest BCUT2D eigenvalue weighted by atomic mass is 9.89. The van der Waals surface area contributed by atoms with Crippen molar-refractivity contribution < 1.29 is 14.3 Å². The number of nitrogens with one attached hydrogen (secondary N) is 1. The molecule has 1 amide bonds. The van der Waals surface area contributed by atoms with Gasteiger partial charge in [-0.2, -0.15) is 0 Å². The number of carbonyl (C=O) groups is 1. The molecule has 0 aliphatic rings. The third-order valence-electron chi connectivity index (χ3n) is 3.12. The van der Waals surface area contributed by atoms with Gasteiger partial charge in [0.25, 0.3) is 5.91 Å². The number of amides is 1. The van der Waals surface area contributed by atoms with Crippen LogP contribution in [-0.2, 0) is 4.74 Å². The van der Waals surface area contributed by atoms with E-state index in [-0.39, 0.29) is 11.3 Å². The summed E-state index contributed by atoms with van der Waals surface area (Å²) in [6, 6.07) is 5.28. The van der Waals surface area contributed by atoms with Crippen LogP contribution < -0.4 is 10.1 Å². The van der Waals surface area contributed by atoms with Crippen LogP contribution in [0.15, 0.2) is 22.7 Å². The van der Waals surface area contributed by atoms with E-state index in [1.807, 2.05) is 0 Å². The Morgan fingerprint density at radius 3 is 2.60 bits per heavy atom. The van der Waals surface area contributed by atoms with Gasteiger partial charge in [0.15, 0.2) is 0 Å². The van der Waals surface area contributed by atoms with Gasteiger partial charge in [-0.1, -0.05) is 13.8 Å². The molecule has 0 spiro atoms. The lowest BCUT2D eigenvalue weighted by Crippen LogP contribution is -2.34. The van der Waals surface area contributed by atoms with E-state index in [1.54, 1.807) is 32.4 Å². The Labute approximate surface area is 129 Å². The molecule has 0 radical (unpaired) electrons. The monoisotopic (exact) mass is 343 g/mol. The summed E-state index contributed by atoms with van der Waals surface area (Å²) < 4.78 is 11.0. The average Bonchev–Trinajstić information content (AvgIpc) is 2.42. The summed E-state index contributed by atoms with van der Waals surface area (Å²) in [7, 11) is 3.28. The molecule has 0 saturated heterocycles. The minimum atomic E-state index is -0.0844. The number of hydrogen-bond acceptors (Lipinski definition) is 3. The first-order valence-electron chi connectivity index (χ1n) is 6.50. The van der Waals surface area contributed by atoms with Crippen LogP contribution >= 0.6 is 15.9 Å². The van der Waals surface area contributed by atoms with Crippen molar-refractivity contribution in [2.45, 2.75) is 20.3 Å². The Bertz CT molecular complexity index is 460. The smallest absolute Gasteiger partial charge is 0.251 e. The van der Waals surface area contributed by atoms with E-state index in [0.29, 0.717) is 24.5 Å². The molecule has 1 aromatic carbocycles. The van der Waals surface area contributed by atoms with Crippen molar-refractivity contribution >= 4 is 21.8 Å². The molecule has 1 aromatic rings. The summed E-state index contributed by atoms with van der Waals surface area (Å²) in [6.07, 6.45) is 0.899. The van der Waals surface area contributed by atoms with Gasteiger partial charge in [-0.15, -0.1) is 0 Å². The fourth-order valence-corrected chi connectivity index (χ4v) is 2.24. The van der Waals surface area contributed by atoms with Crippen LogP contribution in [0.5, 0.6) is 5.75 Å². The van der Waals surface area contributed by atoms with Gasteiger partial charge >= 0.3 is 0 Å². The number of carbonyl (C=O) groups excluding carboxylic acids is 1. The molecular formula is C15H22BrNO3. The van der Waals surface area contributed by atoms with Crippen molar-refractivity contribution in [3.63, 3.8) is 0 Å². The third kappa shape index (κ3) is 5.13.